The van der Waals surface area contributed by atoms with E-state index in [0.29, 0.717) is 30.4 Å². The monoisotopic (exact) mass is 443 g/mol. The lowest BCUT2D eigenvalue weighted by Crippen LogP contribution is -2.49. The lowest BCUT2D eigenvalue weighted by atomic mass is 9.68. The number of hydrogen-bond acceptors (Lipinski definition) is 4. The maximum absolute atomic E-state index is 12.9. The van der Waals surface area contributed by atoms with Crippen molar-refractivity contribution in [3.8, 4) is 24.3 Å². The molecule has 1 fully saturated rings. The molecular weight excluding hydrogens is 414 g/mol. The number of nitrogens with zero attached hydrogens (tertiary/aromatic N) is 2. The number of benzene rings is 2. The zero-order valence-electron chi connectivity index (χ0n) is 18.8. The van der Waals surface area contributed by atoms with Crippen molar-refractivity contribution < 1.29 is 9.53 Å². The number of nitrogens with one attached hydrogen (secondary N) is 3. The summed E-state index contributed by atoms with van der Waals surface area (Å²) in [5.41, 5.74) is 1.55. The Bertz CT molecular complexity index is 1040. The quantitative estimate of drug-likeness (QED) is 0.265. The number of terminal acetylenes is 1. The van der Waals surface area contributed by atoms with Crippen LogP contribution >= 0.6 is 0 Å². The molecule has 1 aliphatic rings. The van der Waals surface area contributed by atoms with Crippen molar-refractivity contribution in [1.82, 2.24) is 16.0 Å². The van der Waals surface area contributed by atoms with Gasteiger partial charge >= 0.3 is 0 Å². The van der Waals surface area contributed by atoms with Gasteiger partial charge in [0.2, 0.25) is 12.2 Å². The number of amides is 1. The van der Waals surface area contributed by atoms with E-state index < -0.39 is 0 Å². The van der Waals surface area contributed by atoms with Gasteiger partial charge in [0.1, 0.15) is 5.75 Å². The molecule has 0 radical (unpaired) electrons. The van der Waals surface area contributed by atoms with Crippen LogP contribution in [0.15, 0.2) is 59.6 Å². The number of guanidine groups is 1. The van der Waals surface area contributed by atoms with Gasteiger partial charge in [-0.1, -0.05) is 48.4 Å². The third-order valence-corrected chi connectivity index (χ3v) is 6.13. The molecule has 1 saturated carbocycles. The summed E-state index contributed by atoms with van der Waals surface area (Å²) in [6.45, 7) is 0.818. The van der Waals surface area contributed by atoms with E-state index in [1.165, 1.54) is 5.56 Å². The Morgan fingerprint density at radius 3 is 2.52 bits per heavy atom. The van der Waals surface area contributed by atoms with Crippen LogP contribution in [-0.4, -0.2) is 38.1 Å². The van der Waals surface area contributed by atoms with Gasteiger partial charge in [0.05, 0.1) is 19.2 Å². The lowest BCUT2D eigenvalue weighted by molar-refractivity contribution is 0.0932. The van der Waals surface area contributed by atoms with E-state index in [4.69, 9.17) is 16.4 Å². The zero-order chi connectivity index (χ0) is 23.5. The largest absolute Gasteiger partial charge is 0.496 e. The number of nitriles is 1. The predicted octanol–water partition coefficient (Wildman–Crippen LogP) is 2.96. The molecule has 7 nitrogen and oxygen atoms in total. The molecule has 0 bridgehead atoms. The topological polar surface area (TPSA) is 98.5 Å². The molecule has 0 unspecified atom stereocenters. The van der Waals surface area contributed by atoms with E-state index in [0.717, 1.165) is 25.7 Å². The fraction of sp³-hybridized carbons (Fsp3) is 0.346. The molecule has 33 heavy (non-hydrogen) atoms. The molecule has 0 spiro atoms. The van der Waals surface area contributed by atoms with E-state index in [2.05, 4.69) is 39.0 Å². The maximum Gasteiger partial charge on any atom is 0.255 e. The van der Waals surface area contributed by atoms with E-state index in [9.17, 15) is 4.79 Å². The number of carbonyl (C=O) groups is 1. The Morgan fingerprint density at radius 2 is 1.85 bits per heavy atom. The summed E-state index contributed by atoms with van der Waals surface area (Å²) < 4.78 is 5.35. The summed E-state index contributed by atoms with van der Waals surface area (Å²) in [6.07, 6.45) is 10.6. The minimum Gasteiger partial charge on any atom is -0.496 e. The highest BCUT2D eigenvalue weighted by molar-refractivity contribution is 5.97. The van der Waals surface area contributed by atoms with Crippen LogP contribution in [0.1, 0.15) is 41.6 Å². The van der Waals surface area contributed by atoms with Crippen LogP contribution in [0.3, 0.4) is 0 Å². The molecule has 0 saturated heterocycles. The van der Waals surface area contributed by atoms with Crippen LogP contribution in [0.5, 0.6) is 5.75 Å². The normalized spacial score (nSPS) is 20.1. The fourth-order valence-electron chi connectivity index (χ4n) is 4.35. The minimum atomic E-state index is -0.185. The van der Waals surface area contributed by atoms with Crippen molar-refractivity contribution >= 4 is 11.9 Å². The lowest BCUT2D eigenvalue weighted by Gasteiger charge is -2.41. The Morgan fingerprint density at radius 1 is 1.15 bits per heavy atom. The molecule has 0 aromatic heterocycles. The number of ether oxygens (including phenoxy) is 1. The van der Waals surface area contributed by atoms with Crippen molar-refractivity contribution in [2.24, 2.45) is 4.99 Å². The summed E-state index contributed by atoms with van der Waals surface area (Å²) in [6, 6.07) is 17.7. The number of carbonyl (C=O) groups excluding carboxylic acids is 1. The van der Waals surface area contributed by atoms with Crippen LogP contribution in [0.2, 0.25) is 0 Å². The number of methoxy groups -OCH3 is 1. The molecule has 1 amide bonds. The molecule has 3 N–H and O–H groups in total. The molecule has 2 aromatic carbocycles. The van der Waals surface area contributed by atoms with Gasteiger partial charge in [-0.25, -0.2) is 0 Å². The number of hydrogen-bond donors (Lipinski definition) is 3. The molecule has 170 valence electrons. The number of rotatable bonds is 7. The Balaban J connectivity index is 1.72. The van der Waals surface area contributed by atoms with Crippen LogP contribution in [0.4, 0.5) is 0 Å². The maximum atomic E-state index is 12.9. The zero-order valence-corrected chi connectivity index (χ0v) is 18.8. The summed E-state index contributed by atoms with van der Waals surface area (Å²) >= 11 is 0. The first-order valence-corrected chi connectivity index (χ1v) is 11.0. The first-order valence-electron chi connectivity index (χ1n) is 11.0. The summed E-state index contributed by atoms with van der Waals surface area (Å²) in [7, 11) is 1.56. The molecule has 0 heterocycles. The van der Waals surface area contributed by atoms with Crippen LogP contribution in [0, 0.1) is 23.8 Å². The molecular formula is C26H29N5O2. The van der Waals surface area contributed by atoms with E-state index in [1.54, 1.807) is 25.4 Å². The highest BCUT2D eigenvalue weighted by Crippen LogP contribution is 2.39. The number of aliphatic imine (C=N–C) groups is 1. The van der Waals surface area contributed by atoms with Gasteiger partial charge in [-0.15, -0.1) is 11.4 Å². The van der Waals surface area contributed by atoms with Crippen molar-refractivity contribution in [1.29, 1.82) is 5.26 Å². The molecule has 2 aromatic rings. The van der Waals surface area contributed by atoms with Crippen LogP contribution < -0.4 is 20.7 Å². The molecule has 0 atom stereocenters. The predicted molar refractivity (Wildman–Crippen MR) is 129 cm³/mol. The third kappa shape index (κ3) is 6.05. The average molecular weight is 444 g/mol. The summed E-state index contributed by atoms with van der Waals surface area (Å²) in [4.78, 5) is 16.7. The first kappa shape index (κ1) is 23.7. The highest BCUT2D eigenvalue weighted by Gasteiger charge is 2.37. The minimum absolute atomic E-state index is 0.148. The van der Waals surface area contributed by atoms with E-state index in [1.807, 2.05) is 30.3 Å². The van der Waals surface area contributed by atoms with Gasteiger partial charge in [0.15, 0.2) is 0 Å². The standard InChI is InChI=1S/C26H29N5O2/c1-3-17-28-25(30-19-27)31-21-13-15-26(16-14-21,20-9-5-4-6-10-20)18-29-24(32)22-11-7-8-12-23(22)33-2/h1,4-12,21H,13-18H2,2H3,(H,29,32)(H2,28,30,31)/t21-,26-. The fourth-order valence-corrected chi connectivity index (χ4v) is 4.35. The van der Waals surface area contributed by atoms with E-state index in [-0.39, 0.29) is 17.4 Å². The van der Waals surface area contributed by atoms with Crippen molar-refractivity contribution in [2.45, 2.75) is 37.1 Å². The number of para-hydroxylation sites is 1. The summed E-state index contributed by atoms with van der Waals surface area (Å²) in [5.74, 6) is 3.29. The van der Waals surface area contributed by atoms with Gasteiger partial charge in [0.25, 0.3) is 5.91 Å². The second-order valence-electron chi connectivity index (χ2n) is 8.07. The molecule has 3 rings (SSSR count). The van der Waals surface area contributed by atoms with Gasteiger partial charge in [-0.05, 0) is 43.4 Å². The van der Waals surface area contributed by atoms with Crippen molar-refractivity contribution in [3.63, 3.8) is 0 Å². The summed E-state index contributed by atoms with van der Waals surface area (Å²) in [5, 5.41) is 18.3. The second-order valence-corrected chi connectivity index (χ2v) is 8.07. The third-order valence-electron chi connectivity index (χ3n) is 6.13. The first-order chi connectivity index (χ1) is 16.1. The van der Waals surface area contributed by atoms with Crippen LogP contribution in [0.25, 0.3) is 0 Å². The molecule has 7 heteroatoms. The highest BCUT2D eigenvalue weighted by atomic mass is 16.5. The Labute approximate surface area is 195 Å². The van der Waals surface area contributed by atoms with Crippen molar-refractivity contribution in [2.75, 3.05) is 20.2 Å². The van der Waals surface area contributed by atoms with Crippen molar-refractivity contribution in [3.05, 3.63) is 65.7 Å². The SMILES string of the molecule is C#CCN/C(=N/C#N)N[C@H]1CC[C@](CNC(=O)c2ccccc2OC)(c2ccccc2)CC1. The van der Waals surface area contributed by atoms with Crippen LogP contribution in [-0.2, 0) is 5.41 Å². The van der Waals surface area contributed by atoms with E-state index >= 15 is 0 Å². The molecule has 0 aliphatic heterocycles. The smallest absolute Gasteiger partial charge is 0.255 e. The second kappa shape index (κ2) is 11.6. The van der Waals surface area contributed by atoms with Gasteiger partial charge in [-0.2, -0.15) is 5.26 Å². The van der Waals surface area contributed by atoms with Gasteiger partial charge in [0, 0.05) is 18.0 Å². The van der Waals surface area contributed by atoms with Gasteiger partial charge < -0.3 is 20.7 Å². The van der Waals surface area contributed by atoms with Gasteiger partial charge in [-0.3, -0.25) is 4.79 Å². The molecule has 1 aliphatic carbocycles. The average Bonchev–Trinajstić information content (AvgIpc) is 2.87. The Kier molecular flexibility index (Phi) is 8.32. The Hall–Kier alpha value is -3.97.